The van der Waals surface area contributed by atoms with Crippen LogP contribution in [0.4, 0.5) is 8.78 Å². The number of benzene rings is 1. The van der Waals surface area contributed by atoms with E-state index in [1.807, 2.05) is 17.0 Å². The molecule has 120 valence electrons. The van der Waals surface area contributed by atoms with Gasteiger partial charge in [0, 0.05) is 24.7 Å². The first kappa shape index (κ1) is 15.3. The third kappa shape index (κ3) is 2.98. The van der Waals surface area contributed by atoms with Gasteiger partial charge >= 0.3 is 6.29 Å². The first-order chi connectivity index (χ1) is 10.6. The van der Waals surface area contributed by atoms with Crippen LogP contribution in [0.3, 0.4) is 0 Å². The van der Waals surface area contributed by atoms with E-state index in [-0.39, 0.29) is 23.9 Å². The second kappa shape index (κ2) is 5.54. The molecule has 3 aromatic rings. The summed E-state index contributed by atoms with van der Waals surface area (Å²) in [7, 11) is 0. The average Bonchev–Trinajstić information content (AvgIpc) is 3.16. The average molecular weight is 341 g/mol. The number of alkyl halides is 2. The van der Waals surface area contributed by atoms with Gasteiger partial charge in [0.2, 0.25) is 0 Å². The maximum atomic E-state index is 13.0. The Bertz CT molecular complexity index is 820. The number of imidazole rings is 2. The molecule has 0 aliphatic carbocycles. The molecule has 0 unspecified atom stereocenters. The van der Waals surface area contributed by atoms with E-state index in [1.54, 1.807) is 29.5 Å². The lowest BCUT2D eigenvalue weighted by Crippen LogP contribution is -2.25. The van der Waals surface area contributed by atoms with Gasteiger partial charge in [0.05, 0.1) is 30.6 Å². The second-order valence-corrected chi connectivity index (χ2v) is 4.81. The van der Waals surface area contributed by atoms with E-state index in [0.29, 0.717) is 12.2 Å². The van der Waals surface area contributed by atoms with Gasteiger partial charge in [0.25, 0.3) is 0 Å². The summed E-state index contributed by atoms with van der Waals surface area (Å²) in [5, 5.41) is 0. The van der Waals surface area contributed by atoms with E-state index >= 15 is 0 Å². The number of ether oxygens (including phenoxy) is 2. The minimum absolute atomic E-state index is 0. The lowest BCUT2D eigenvalue weighted by Gasteiger charge is -2.04. The van der Waals surface area contributed by atoms with Gasteiger partial charge in [-0.3, -0.25) is 0 Å². The van der Waals surface area contributed by atoms with Crippen molar-refractivity contribution in [2.75, 3.05) is 0 Å². The Morgan fingerprint density at radius 2 is 1.96 bits per heavy atom. The molecule has 1 aliphatic rings. The largest absolute Gasteiger partial charge is 0.586 e. The maximum absolute atomic E-state index is 13.0. The Hall–Kier alpha value is -2.61. The number of hydrogen-bond acceptors (Lipinski definition) is 4. The minimum atomic E-state index is -3.61. The molecule has 1 aliphatic heterocycles. The van der Waals surface area contributed by atoms with Crippen LogP contribution in [0.25, 0.3) is 5.69 Å². The highest BCUT2D eigenvalue weighted by molar-refractivity contribution is 5.85. The quantitative estimate of drug-likeness (QED) is 0.735. The molecule has 2 aromatic heterocycles. The van der Waals surface area contributed by atoms with E-state index in [2.05, 4.69) is 19.4 Å². The molecule has 0 spiro atoms. The molecule has 0 saturated carbocycles. The topological polar surface area (TPSA) is 54.1 Å². The van der Waals surface area contributed by atoms with Gasteiger partial charge in [-0.05, 0) is 12.1 Å². The first-order valence-electron chi connectivity index (χ1n) is 6.48. The van der Waals surface area contributed by atoms with Crippen molar-refractivity contribution in [1.29, 1.82) is 0 Å². The molecular weight excluding hydrogens is 330 g/mol. The van der Waals surface area contributed by atoms with Gasteiger partial charge in [-0.2, -0.15) is 0 Å². The zero-order chi connectivity index (χ0) is 15.2. The molecule has 0 fully saturated rings. The summed E-state index contributed by atoms with van der Waals surface area (Å²) in [5.41, 5.74) is 1.48. The van der Waals surface area contributed by atoms with Crippen LogP contribution in [0.1, 0.15) is 5.69 Å². The van der Waals surface area contributed by atoms with Crippen molar-refractivity contribution >= 4 is 12.4 Å². The third-order valence-corrected chi connectivity index (χ3v) is 3.22. The summed E-state index contributed by atoms with van der Waals surface area (Å²) in [5.74, 6) is 0.0277. The molecule has 0 amide bonds. The molecule has 9 heteroatoms. The molecule has 0 atom stereocenters. The highest BCUT2D eigenvalue weighted by Gasteiger charge is 2.43. The van der Waals surface area contributed by atoms with Gasteiger partial charge in [0.1, 0.15) is 0 Å². The monoisotopic (exact) mass is 340 g/mol. The summed E-state index contributed by atoms with van der Waals surface area (Å²) in [6.07, 6.45) is 5.04. The summed E-state index contributed by atoms with van der Waals surface area (Å²) in [4.78, 5) is 8.25. The van der Waals surface area contributed by atoms with Gasteiger partial charge in [0.15, 0.2) is 11.5 Å². The van der Waals surface area contributed by atoms with Crippen LogP contribution in [0.5, 0.6) is 11.5 Å². The lowest BCUT2D eigenvalue weighted by molar-refractivity contribution is -0.286. The Labute approximate surface area is 135 Å². The normalized spacial score (nSPS) is 14.5. The van der Waals surface area contributed by atoms with Crippen LogP contribution in [0, 0.1) is 0 Å². The zero-order valence-electron chi connectivity index (χ0n) is 11.6. The van der Waals surface area contributed by atoms with Crippen LogP contribution in [0.15, 0.2) is 49.4 Å². The van der Waals surface area contributed by atoms with Gasteiger partial charge in [-0.25, -0.2) is 9.97 Å². The van der Waals surface area contributed by atoms with Crippen molar-refractivity contribution in [1.82, 2.24) is 19.1 Å². The number of nitrogens with zero attached hydrogens (tertiary/aromatic N) is 4. The van der Waals surface area contributed by atoms with Gasteiger partial charge in [-0.1, -0.05) is 0 Å². The Balaban J connectivity index is 0.00000156. The SMILES string of the molecule is Cl.FC1(F)Oc2ccc(-n3cnc(Cn4ccnc4)c3)cc2O1. The van der Waals surface area contributed by atoms with Crippen molar-refractivity contribution in [2.24, 2.45) is 0 Å². The molecule has 6 nitrogen and oxygen atoms in total. The summed E-state index contributed by atoms with van der Waals surface area (Å²) < 4.78 is 38.5. The first-order valence-corrected chi connectivity index (χ1v) is 6.48. The highest BCUT2D eigenvalue weighted by atomic mass is 35.5. The minimum Gasteiger partial charge on any atom is -0.395 e. The predicted octanol–water partition coefficient (Wildman–Crippen LogP) is 2.86. The smallest absolute Gasteiger partial charge is 0.395 e. The maximum Gasteiger partial charge on any atom is 0.586 e. The van der Waals surface area contributed by atoms with Crippen LogP contribution in [-0.4, -0.2) is 25.4 Å². The summed E-state index contributed by atoms with van der Waals surface area (Å²) in [6.45, 7) is 0.579. The highest BCUT2D eigenvalue weighted by Crippen LogP contribution is 2.41. The summed E-state index contributed by atoms with van der Waals surface area (Å²) >= 11 is 0. The number of aromatic nitrogens is 4. The molecule has 0 N–H and O–H groups in total. The van der Waals surface area contributed by atoms with Crippen LogP contribution < -0.4 is 9.47 Å². The fourth-order valence-corrected chi connectivity index (χ4v) is 2.25. The van der Waals surface area contributed by atoms with Crippen LogP contribution in [0.2, 0.25) is 0 Å². The Morgan fingerprint density at radius 1 is 1.13 bits per heavy atom. The number of fused-ring (bicyclic) bond motifs is 1. The fraction of sp³-hybridized carbons (Fsp3) is 0.143. The van der Waals surface area contributed by atoms with Crippen molar-refractivity contribution < 1.29 is 18.3 Å². The fourth-order valence-electron chi connectivity index (χ4n) is 2.25. The molecular formula is C14H11ClF2N4O2. The molecule has 0 bridgehead atoms. The molecule has 4 rings (SSSR count). The number of hydrogen-bond donors (Lipinski definition) is 0. The molecule has 0 radical (unpaired) electrons. The Morgan fingerprint density at radius 3 is 2.74 bits per heavy atom. The van der Waals surface area contributed by atoms with Crippen molar-refractivity contribution in [2.45, 2.75) is 12.8 Å². The van der Waals surface area contributed by atoms with Gasteiger partial charge < -0.3 is 18.6 Å². The predicted molar refractivity (Wildman–Crippen MR) is 78.3 cm³/mol. The van der Waals surface area contributed by atoms with Crippen LogP contribution in [-0.2, 0) is 6.54 Å². The van der Waals surface area contributed by atoms with Crippen molar-refractivity contribution in [3.63, 3.8) is 0 Å². The summed E-state index contributed by atoms with van der Waals surface area (Å²) in [6, 6.07) is 4.59. The zero-order valence-corrected chi connectivity index (χ0v) is 12.4. The van der Waals surface area contributed by atoms with Crippen molar-refractivity contribution in [3.05, 3.63) is 55.1 Å². The number of halogens is 3. The van der Waals surface area contributed by atoms with E-state index in [4.69, 9.17) is 0 Å². The Kier molecular flexibility index (Phi) is 3.69. The third-order valence-electron chi connectivity index (χ3n) is 3.22. The second-order valence-electron chi connectivity index (χ2n) is 4.81. The van der Waals surface area contributed by atoms with E-state index in [1.165, 1.54) is 12.1 Å². The molecule has 3 heterocycles. The lowest BCUT2D eigenvalue weighted by atomic mass is 10.3. The van der Waals surface area contributed by atoms with E-state index < -0.39 is 6.29 Å². The molecule has 23 heavy (non-hydrogen) atoms. The van der Waals surface area contributed by atoms with Crippen molar-refractivity contribution in [3.8, 4) is 17.2 Å². The molecule has 0 saturated heterocycles. The van der Waals surface area contributed by atoms with Crippen LogP contribution >= 0.6 is 12.4 Å². The van der Waals surface area contributed by atoms with E-state index in [0.717, 1.165) is 5.69 Å². The number of rotatable bonds is 3. The van der Waals surface area contributed by atoms with E-state index in [9.17, 15) is 8.78 Å². The molecule has 1 aromatic carbocycles. The standard InChI is InChI=1S/C14H10F2N4O2.ClH/c15-14(16)21-12-2-1-11(5-13(12)22-14)20-7-10(18-9-20)6-19-4-3-17-8-19;/h1-5,7-9H,6H2;1H. The van der Waals surface area contributed by atoms with Gasteiger partial charge in [-0.15, -0.1) is 21.2 Å².